The molecule has 1 atom stereocenters. The Balaban J connectivity index is 1.62. The molecule has 0 unspecified atom stereocenters. The maximum atomic E-state index is 5.78. The number of rotatable bonds is 6. The number of benzene rings is 1. The molecule has 2 aliphatic heterocycles. The van der Waals surface area contributed by atoms with E-state index in [1.54, 1.807) is 0 Å². The molecule has 0 amide bonds. The van der Waals surface area contributed by atoms with E-state index in [1.807, 2.05) is 22.9 Å². The predicted molar refractivity (Wildman–Crippen MR) is 90.8 cm³/mol. The summed E-state index contributed by atoms with van der Waals surface area (Å²) in [5, 5.41) is 4.71. The maximum absolute atomic E-state index is 5.78. The van der Waals surface area contributed by atoms with E-state index in [0.29, 0.717) is 26.4 Å². The molecule has 0 N–H and O–H groups in total. The second kappa shape index (κ2) is 7.41. The van der Waals surface area contributed by atoms with Gasteiger partial charge < -0.3 is 18.9 Å². The predicted octanol–water partition coefficient (Wildman–Crippen LogP) is 2.43. The summed E-state index contributed by atoms with van der Waals surface area (Å²) in [5.41, 5.74) is 0.969. The zero-order valence-corrected chi connectivity index (χ0v) is 14.4. The van der Waals surface area contributed by atoms with Crippen molar-refractivity contribution < 1.29 is 18.9 Å². The maximum Gasteiger partial charge on any atom is 0.231 e. The lowest BCUT2D eigenvalue weighted by atomic mass is 10.2. The number of aromatic nitrogens is 3. The molecule has 134 valence electrons. The molecule has 2 aromatic rings. The molecule has 2 aliphatic rings. The average molecular weight is 345 g/mol. The number of hydrogen-bond donors (Lipinski definition) is 0. The summed E-state index contributed by atoms with van der Waals surface area (Å²) in [6, 6.07) is 5.88. The third-order valence-electron chi connectivity index (χ3n) is 4.36. The third-order valence-corrected chi connectivity index (χ3v) is 4.36. The highest BCUT2D eigenvalue weighted by Gasteiger charge is 2.21. The molecule has 0 radical (unpaired) electrons. The highest BCUT2D eigenvalue weighted by molar-refractivity contribution is 5.62. The van der Waals surface area contributed by atoms with Crippen LogP contribution >= 0.6 is 0 Å². The smallest absolute Gasteiger partial charge is 0.231 e. The minimum Gasteiger partial charge on any atom is -0.454 e. The van der Waals surface area contributed by atoms with Crippen LogP contribution < -0.4 is 9.47 Å². The van der Waals surface area contributed by atoms with Crippen molar-refractivity contribution in [3.8, 4) is 22.9 Å². The fourth-order valence-corrected chi connectivity index (χ4v) is 3.04. The fraction of sp³-hybridized carbons (Fsp3) is 0.556. The average Bonchev–Trinajstić information content (AvgIpc) is 3.27. The van der Waals surface area contributed by atoms with Crippen molar-refractivity contribution in [2.45, 2.75) is 38.8 Å². The first-order chi connectivity index (χ1) is 12.3. The van der Waals surface area contributed by atoms with Gasteiger partial charge in [0.05, 0.1) is 26.4 Å². The van der Waals surface area contributed by atoms with Gasteiger partial charge in [0.25, 0.3) is 0 Å². The van der Waals surface area contributed by atoms with Gasteiger partial charge in [-0.05, 0) is 24.6 Å². The number of ether oxygens (including phenoxy) is 4. The standard InChI is InChI=1S/C18H23N3O4/c1-2-3-4-17-19-18(13-5-6-15-16(9-13)25-12-24-15)21(20-17)10-14-11-22-7-8-23-14/h5-6,9,14H,2-4,7-8,10-12H2,1H3/t14-/m0/s1. The zero-order valence-electron chi connectivity index (χ0n) is 14.4. The number of aryl methyl sites for hydroxylation is 1. The second-order valence-corrected chi connectivity index (χ2v) is 6.27. The lowest BCUT2D eigenvalue weighted by molar-refractivity contribution is -0.0945. The van der Waals surface area contributed by atoms with Crippen LogP contribution in [0, 0.1) is 0 Å². The van der Waals surface area contributed by atoms with Gasteiger partial charge in [0, 0.05) is 12.0 Å². The monoisotopic (exact) mass is 345 g/mol. The van der Waals surface area contributed by atoms with E-state index in [2.05, 4.69) is 6.92 Å². The summed E-state index contributed by atoms with van der Waals surface area (Å²) in [7, 11) is 0. The Morgan fingerprint density at radius 1 is 1.20 bits per heavy atom. The van der Waals surface area contributed by atoms with Gasteiger partial charge in [-0.1, -0.05) is 13.3 Å². The van der Waals surface area contributed by atoms with Gasteiger partial charge in [-0.25, -0.2) is 9.67 Å². The van der Waals surface area contributed by atoms with Crippen molar-refractivity contribution in [2.24, 2.45) is 0 Å². The third kappa shape index (κ3) is 3.62. The highest BCUT2D eigenvalue weighted by Crippen LogP contribution is 2.35. The molecule has 1 fully saturated rings. The molecule has 4 rings (SSSR count). The molecule has 3 heterocycles. The normalized spacial score (nSPS) is 19.3. The first-order valence-corrected chi connectivity index (χ1v) is 8.86. The van der Waals surface area contributed by atoms with Gasteiger partial charge in [-0.2, -0.15) is 5.10 Å². The van der Waals surface area contributed by atoms with Crippen molar-refractivity contribution in [3.05, 3.63) is 24.0 Å². The molecule has 25 heavy (non-hydrogen) atoms. The van der Waals surface area contributed by atoms with E-state index in [4.69, 9.17) is 29.0 Å². The molecular formula is C18H23N3O4. The molecule has 1 aromatic heterocycles. The van der Waals surface area contributed by atoms with Crippen LogP contribution in [0.1, 0.15) is 25.6 Å². The Kier molecular flexibility index (Phi) is 4.85. The Morgan fingerprint density at radius 3 is 2.96 bits per heavy atom. The van der Waals surface area contributed by atoms with E-state index in [1.165, 1.54) is 0 Å². The number of nitrogens with zero attached hydrogens (tertiary/aromatic N) is 3. The summed E-state index contributed by atoms with van der Waals surface area (Å²) in [5.74, 6) is 3.22. The number of hydrogen-bond acceptors (Lipinski definition) is 6. The quantitative estimate of drug-likeness (QED) is 0.801. The molecule has 7 nitrogen and oxygen atoms in total. The zero-order chi connectivity index (χ0) is 17.1. The van der Waals surface area contributed by atoms with Crippen LogP contribution in [0.15, 0.2) is 18.2 Å². The summed E-state index contributed by atoms with van der Waals surface area (Å²) in [6.07, 6.45) is 3.08. The summed E-state index contributed by atoms with van der Waals surface area (Å²) < 4.78 is 24.1. The Labute approximate surface area is 146 Å². The van der Waals surface area contributed by atoms with Gasteiger partial charge in [0.15, 0.2) is 23.1 Å². The molecule has 1 aromatic carbocycles. The van der Waals surface area contributed by atoms with Crippen LogP contribution in [0.5, 0.6) is 11.5 Å². The highest BCUT2D eigenvalue weighted by atomic mass is 16.7. The van der Waals surface area contributed by atoms with Crippen molar-refractivity contribution >= 4 is 0 Å². The van der Waals surface area contributed by atoms with E-state index in [9.17, 15) is 0 Å². The molecule has 0 saturated carbocycles. The first-order valence-electron chi connectivity index (χ1n) is 8.86. The van der Waals surface area contributed by atoms with E-state index in [-0.39, 0.29) is 12.9 Å². The fourth-order valence-electron chi connectivity index (χ4n) is 3.04. The van der Waals surface area contributed by atoms with Gasteiger partial charge in [0.2, 0.25) is 6.79 Å². The van der Waals surface area contributed by atoms with Crippen molar-refractivity contribution in [2.75, 3.05) is 26.6 Å². The van der Waals surface area contributed by atoms with Gasteiger partial charge in [-0.15, -0.1) is 0 Å². The van der Waals surface area contributed by atoms with E-state index in [0.717, 1.165) is 48.0 Å². The van der Waals surface area contributed by atoms with E-state index >= 15 is 0 Å². The Hall–Kier alpha value is -2.12. The van der Waals surface area contributed by atoms with Gasteiger partial charge in [0.1, 0.15) is 6.10 Å². The van der Waals surface area contributed by atoms with Crippen LogP contribution in [-0.2, 0) is 22.4 Å². The molecular weight excluding hydrogens is 322 g/mol. The summed E-state index contributed by atoms with van der Waals surface area (Å²) in [6.45, 7) is 4.93. The van der Waals surface area contributed by atoms with E-state index < -0.39 is 0 Å². The lowest BCUT2D eigenvalue weighted by Gasteiger charge is -2.23. The minimum atomic E-state index is 0.00207. The molecule has 0 aliphatic carbocycles. The van der Waals surface area contributed by atoms with Crippen LogP contribution in [0.3, 0.4) is 0 Å². The SMILES string of the molecule is CCCCc1nc(-c2ccc3c(c2)OCO3)n(C[C@H]2COCCO2)n1. The number of unbranched alkanes of at least 4 members (excludes halogenated alkanes) is 1. The summed E-state index contributed by atoms with van der Waals surface area (Å²) >= 11 is 0. The molecule has 0 bridgehead atoms. The largest absolute Gasteiger partial charge is 0.454 e. The molecule has 0 spiro atoms. The van der Waals surface area contributed by atoms with Gasteiger partial charge in [-0.3, -0.25) is 0 Å². The second-order valence-electron chi connectivity index (χ2n) is 6.27. The van der Waals surface area contributed by atoms with Crippen LogP contribution in [0.25, 0.3) is 11.4 Å². The van der Waals surface area contributed by atoms with Crippen LogP contribution in [-0.4, -0.2) is 47.5 Å². The Morgan fingerprint density at radius 2 is 2.12 bits per heavy atom. The lowest BCUT2D eigenvalue weighted by Crippen LogP contribution is -2.32. The minimum absolute atomic E-state index is 0.00207. The topological polar surface area (TPSA) is 67.6 Å². The van der Waals surface area contributed by atoms with Crippen molar-refractivity contribution in [1.29, 1.82) is 0 Å². The number of fused-ring (bicyclic) bond motifs is 1. The molecule has 7 heteroatoms. The van der Waals surface area contributed by atoms with Crippen molar-refractivity contribution in [3.63, 3.8) is 0 Å². The summed E-state index contributed by atoms with van der Waals surface area (Å²) in [4.78, 5) is 4.77. The van der Waals surface area contributed by atoms with Crippen LogP contribution in [0.4, 0.5) is 0 Å². The van der Waals surface area contributed by atoms with Crippen molar-refractivity contribution in [1.82, 2.24) is 14.8 Å². The molecule has 1 saturated heterocycles. The Bertz CT molecular complexity index is 725. The van der Waals surface area contributed by atoms with Crippen LogP contribution in [0.2, 0.25) is 0 Å². The first kappa shape index (κ1) is 16.4. The van der Waals surface area contributed by atoms with Gasteiger partial charge >= 0.3 is 0 Å².